The van der Waals surface area contributed by atoms with Crippen LogP contribution >= 0.6 is 0 Å². The van der Waals surface area contributed by atoms with E-state index in [2.05, 4.69) is 4.99 Å². The number of cyclic esters (lactones) is 1. The number of rotatable bonds is 5. The third-order valence-corrected chi connectivity index (χ3v) is 3.67. The Morgan fingerprint density at radius 2 is 1.92 bits per heavy atom. The van der Waals surface area contributed by atoms with Crippen molar-refractivity contribution in [2.24, 2.45) is 4.99 Å². The molecule has 2 aromatic carbocycles. The highest BCUT2D eigenvalue weighted by Gasteiger charge is 2.23. The smallest absolute Gasteiger partial charge is 0.363 e. The van der Waals surface area contributed by atoms with Gasteiger partial charge >= 0.3 is 5.97 Å². The number of carbonyl (C=O) groups is 1. The summed E-state index contributed by atoms with van der Waals surface area (Å²) in [5.41, 5.74) is 1.24. The number of aryl methyl sites for hydroxylation is 1. The predicted octanol–water partition coefficient (Wildman–Crippen LogP) is 3.90. The predicted molar refractivity (Wildman–Crippen MR) is 89.2 cm³/mol. The summed E-state index contributed by atoms with van der Waals surface area (Å²) in [6.07, 6.45) is 2.26. The summed E-state index contributed by atoms with van der Waals surface area (Å²) < 4.78 is 36.8. The molecule has 0 saturated carbocycles. The molecule has 0 radical (unpaired) electrons. The van der Waals surface area contributed by atoms with Crippen LogP contribution in [0.1, 0.15) is 17.5 Å². The van der Waals surface area contributed by atoms with Crippen LogP contribution in [0, 0.1) is 11.6 Å². The largest absolute Gasteiger partial charge is 0.496 e. The van der Waals surface area contributed by atoms with Crippen LogP contribution in [0.2, 0.25) is 0 Å². The number of halogens is 2. The van der Waals surface area contributed by atoms with Crippen LogP contribution in [0.5, 0.6) is 5.75 Å². The van der Waals surface area contributed by atoms with Crippen molar-refractivity contribution in [2.45, 2.75) is 12.8 Å². The van der Waals surface area contributed by atoms with Gasteiger partial charge in [0.1, 0.15) is 17.4 Å². The molecule has 128 valence electrons. The highest BCUT2D eigenvalue weighted by atomic mass is 19.1. The number of benzene rings is 2. The van der Waals surface area contributed by atoms with E-state index in [0.717, 1.165) is 5.56 Å². The lowest BCUT2D eigenvalue weighted by atomic mass is 10.1. The van der Waals surface area contributed by atoms with Crippen molar-refractivity contribution in [3.63, 3.8) is 0 Å². The summed E-state index contributed by atoms with van der Waals surface area (Å²) >= 11 is 0. The SMILES string of the molecule is COc1ccc(F)cc1/C=C1/N=C(CCc2cccc(F)c2)OC1=O. The molecule has 25 heavy (non-hydrogen) atoms. The second-order valence-corrected chi connectivity index (χ2v) is 5.44. The van der Waals surface area contributed by atoms with Crippen molar-refractivity contribution in [3.05, 3.63) is 70.9 Å². The van der Waals surface area contributed by atoms with Crippen molar-refractivity contribution in [1.29, 1.82) is 0 Å². The molecule has 4 nitrogen and oxygen atoms in total. The summed E-state index contributed by atoms with van der Waals surface area (Å²) in [4.78, 5) is 16.1. The molecule has 0 N–H and O–H groups in total. The van der Waals surface area contributed by atoms with Gasteiger partial charge in [-0.25, -0.2) is 18.6 Å². The Bertz CT molecular complexity index is 875. The average Bonchev–Trinajstić information content (AvgIpc) is 2.93. The Labute approximate surface area is 143 Å². The van der Waals surface area contributed by atoms with E-state index >= 15 is 0 Å². The standard InChI is InChI=1S/C19H15F2NO3/c1-24-17-7-6-15(21)10-13(17)11-16-19(23)25-18(22-16)8-5-12-3-2-4-14(20)9-12/h2-4,6-7,9-11H,5,8H2,1H3/b16-11+. The van der Waals surface area contributed by atoms with Gasteiger partial charge < -0.3 is 9.47 Å². The topological polar surface area (TPSA) is 47.9 Å². The number of aliphatic imine (C=N–C) groups is 1. The minimum atomic E-state index is -0.611. The van der Waals surface area contributed by atoms with E-state index in [1.54, 1.807) is 12.1 Å². The summed E-state index contributed by atoms with van der Waals surface area (Å²) in [5.74, 6) is -0.711. The van der Waals surface area contributed by atoms with Gasteiger partial charge in [-0.05, 0) is 48.4 Å². The lowest BCUT2D eigenvalue weighted by molar-refractivity contribution is -0.130. The van der Waals surface area contributed by atoms with Gasteiger partial charge in [0.25, 0.3) is 0 Å². The number of esters is 1. The first-order valence-corrected chi connectivity index (χ1v) is 7.64. The van der Waals surface area contributed by atoms with Crippen molar-refractivity contribution in [2.75, 3.05) is 7.11 Å². The molecular weight excluding hydrogens is 328 g/mol. The molecule has 1 aliphatic heterocycles. The third kappa shape index (κ3) is 4.09. The van der Waals surface area contributed by atoms with Gasteiger partial charge in [0, 0.05) is 12.0 Å². The van der Waals surface area contributed by atoms with E-state index in [4.69, 9.17) is 9.47 Å². The Balaban J connectivity index is 1.77. The molecule has 0 saturated heterocycles. The lowest BCUT2D eigenvalue weighted by Crippen LogP contribution is -2.05. The molecule has 1 heterocycles. The molecule has 0 aromatic heterocycles. The van der Waals surface area contributed by atoms with Gasteiger partial charge in [0.15, 0.2) is 11.6 Å². The number of hydrogen-bond acceptors (Lipinski definition) is 4. The first kappa shape index (κ1) is 16.8. The van der Waals surface area contributed by atoms with Gasteiger partial charge in [0.05, 0.1) is 7.11 Å². The molecule has 0 unspecified atom stereocenters. The number of methoxy groups -OCH3 is 1. The van der Waals surface area contributed by atoms with Gasteiger partial charge in [0.2, 0.25) is 0 Å². The van der Waals surface area contributed by atoms with Gasteiger partial charge in [-0.15, -0.1) is 0 Å². The van der Waals surface area contributed by atoms with E-state index in [-0.39, 0.29) is 17.4 Å². The number of carbonyl (C=O) groups excluding carboxylic acids is 1. The van der Waals surface area contributed by atoms with E-state index in [1.807, 2.05) is 0 Å². The van der Waals surface area contributed by atoms with Crippen molar-refractivity contribution < 1.29 is 23.0 Å². The van der Waals surface area contributed by atoms with Crippen LogP contribution in [0.3, 0.4) is 0 Å². The number of hydrogen-bond donors (Lipinski definition) is 0. The summed E-state index contributed by atoms with van der Waals surface area (Å²) in [6.45, 7) is 0. The van der Waals surface area contributed by atoms with Gasteiger partial charge in [-0.2, -0.15) is 0 Å². The fourth-order valence-corrected chi connectivity index (χ4v) is 2.47. The minimum Gasteiger partial charge on any atom is -0.496 e. The van der Waals surface area contributed by atoms with Crippen LogP contribution in [0.4, 0.5) is 8.78 Å². The molecule has 2 aromatic rings. The highest BCUT2D eigenvalue weighted by molar-refractivity contribution is 6.07. The molecule has 0 amide bonds. The maximum atomic E-state index is 13.4. The zero-order valence-corrected chi connectivity index (χ0v) is 13.5. The molecule has 6 heteroatoms. The molecule has 0 spiro atoms. The van der Waals surface area contributed by atoms with Crippen molar-refractivity contribution >= 4 is 17.9 Å². The van der Waals surface area contributed by atoms with E-state index in [1.165, 1.54) is 43.5 Å². The lowest BCUT2D eigenvalue weighted by Gasteiger charge is -2.04. The van der Waals surface area contributed by atoms with Gasteiger partial charge in [-0.3, -0.25) is 0 Å². The Hall–Kier alpha value is -3.02. The molecule has 1 aliphatic rings. The average molecular weight is 343 g/mol. The molecular formula is C19H15F2NO3. The maximum Gasteiger partial charge on any atom is 0.363 e. The first-order valence-electron chi connectivity index (χ1n) is 7.64. The van der Waals surface area contributed by atoms with Crippen molar-refractivity contribution in [3.8, 4) is 5.75 Å². The Morgan fingerprint density at radius 1 is 1.12 bits per heavy atom. The minimum absolute atomic E-state index is 0.0677. The number of ether oxygens (including phenoxy) is 2. The molecule has 3 rings (SSSR count). The van der Waals surface area contributed by atoms with Gasteiger partial charge in [-0.1, -0.05) is 12.1 Å². The Morgan fingerprint density at radius 3 is 2.68 bits per heavy atom. The second-order valence-electron chi connectivity index (χ2n) is 5.44. The monoisotopic (exact) mass is 343 g/mol. The summed E-state index contributed by atoms with van der Waals surface area (Å²) in [5, 5.41) is 0. The fourth-order valence-electron chi connectivity index (χ4n) is 2.47. The fraction of sp³-hybridized carbons (Fsp3) is 0.158. The van der Waals surface area contributed by atoms with E-state index in [9.17, 15) is 13.6 Å². The van der Waals surface area contributed by atoms with E-state index in [0.29, 0.717) is 24.2 Å². The normalized spacial score (nSPS) is 15.2. The van der Waals surface area contributed by atoms with Crippen LogP contribution in [-0.2, 0) is 16.0 Å². The molecule has 0 atom stereocenters. The summed E-state index contributed by atoms with van der Waals surface area (Å²) in [6, 6.07) is 10.2. The van der Waals surface area contributed by atoms with Crippen LogP contribution in [0.15, 0.2) is 53.2 Å². The molecule has 0 bridgehead atoms. The zero-order valence-electron chi connectivity index (χ0n) is 13.5. The van der Waals surface area contributed by atoms with Crippen LogP contribution < -0.4 is 4.74 Å². The first-order chi connectivity index (χ1) is 12.0. The van der Waals surface area contributed by atoms with Crippen molar-refractivity contribution in [1.82, 2.24) is 0 Å². The Kier molecular flexibility index (Phi) is 4.88. The van der Waals surface area contributed by atoms with Crippen LogP contribution in [0.25, 0.3) is 6.08 Å². The van der Waals surface area contributed by atoms with Crippen LogP contribution in [-0.4, -0.2) is 19.0 Å². The molecule has 0 aliphatic carbocycles. The quantitative estimate of drug-likeness (QED) is 0.611. The number of nitrogens with zero attached hydrogens (tertiary/aromatic N) is 1. The summed E-state index contributed by atoms with van der Waals surface area (Å²) in [7, 11) is 1.45. The second kappa shape index (κ2) is 7.25. The third-order valence-electron chi connectivity index (χ3n) is 3.67. The maximum absolute atomic E-state index is 13.4. The zero-order chi connectivity index (χ0) is 17.8. The molecule has 0 fully saturated rings. The highest BCUT2D eigenvalue weighted by Crippen LogP contribution is 2.25. The van der Waals surface area contributed by atoms with E-state index < -0.39 is 11.8 Å².